The van der Waals surface area contributed by atoms with Gasteiger partial charge in [-0.15, -0.1) is 11.8 Å². The normalized spacial score (nSPS) is 29.9. The maximum absolute atomic E-state index is 4.31. The van der Waals surface area contributed by atoms with Crippen LogP contribution in [0.1, 0.15) is 27.7 Å². The molecule has 0 spiro atoms. The van der Waals surface area contributed by atoms with Crippen LogP contribution in [0.3, 0.4) is 0 Å². The zero-order valence-electron chi connectivity index (χ0n) is 8.51. The van der Waals surface area contributed by atoms with Crippen LogP contribution < -0.4 is 5.43 Å². The molecular weight excluding hydrogens is 168 g/mol. The second-order valence-electron chi connectivity index (χ2n) is 4.42. The monoisotopic (exact) mass is 186 g/mol. The fraction of sp³-hybridized carbons (Fsp3) is 0.889. The smallest absolute Gasteiger partial charge is 0.0985 e. The summed E-state index contributed by atoms with van der Waals surface area (Å²) in [6.07, 6.45) is 2.09. The molecule has 2 unspecified atom stereocenters. The Kier molecular flexibility index (Phi) is 2.71. The molecule has 0 amide bonds. The second kappa shape index (κ2) is 3.29. The number of hydrogen-bond acceptors (Lipinski definition) is 3. The van der Waals surface area contributed by atoms with Crippen LogP contribution in [-0.2, 0) is 0 Å². The van der Waals surface area contributed by atoms with E-state index in [4.69, 9.17) is 0 Å². The van der Waals surface area contributed by atoms with Crippen LogP contribution in [0, 0.1) is 11.3 Å². The van der Waals surface area contributed by atoms with Crippen LogP contribution in [0.15, 0.2) is 5.10 Å². The van der Waals surface area contributed by atoms with Crippen LogP contribution in [0.5, 0.6) is 0 Å². The van der Waals surface area contributed by atoms with Gasteiger partial charge in [0.1, 0.15) is 0 Å². The molecule has 0 saturated carbocycles. The van der Waals surface area contributed by atoms with E-state index in [0.29, 0.717) is 17.4 Å². The van der Waals surface area contributed by atoms with Gasteiger partial charge in [0.05, 0.1) is 11.1 Å². The first-order chi connectivity index (χ1) is 5.46. The summed E-state index contributed by atoms with van der Waals surface area (Å²) in [5.41, 5.74) is 3.45. The van der Waals surface area contributed by atoms with Gasteiger partial charge in [0, 0.05) is 5.92 Å². The number of thioether (sulfide) groups is 1. The number of nitrogens with zero attached hydrogens (tertiary/aromatic N) is 1. The molecule has 1 N–H and O–H groups in total. The molecule has 0 fully saturated rings. The summed E-state index contributed by atoms with van der Waals surface area (Å²) >= 11 is 1.76. The highest BCUT2D eigenvalue weighted by molar-refractivity contribution is 8.13. The molecule has 70 valence electrons. The van der Waals surface area contributed by atoms with Crippen molar-refractivity contribution in [2.45, 2.75) is 33.7 Å². The van der Waals surface area contributed by atoms with Gasteiger partial charge in [0.25, 0.3) is 0 Å². The fourth-order valence-corrected chi connectivity index (χ4v) is 2.77. The van der Waals surface area contributed by atoms with E-state index in [1.54, 1.807) is 11.8 Å². The molecule has 0 radical (unpaired) electrons. The van der Waals surface area contributed by atoms with E-state index in [1.807, 2.05) is 0 Å². The van der Waals surface area contributed by atoms with Gasteiger partial charge in [-0.05, 0) is 18.6 Å². The zero-order valence-corrected chi connectivity index (χ0v) is 9.33. The molecule has 0 aromatic carbocycles. The molecular formula is C9H18N2S. The van der Waals surface area contributed by atoms with Crippen molar-refractivity contribution in [1.29, 1.82) is 0 Å². The van der Waals surface area contributed by atoms with Crippen LogP contribution in [0.4, 0.5) is 0 Å². The number of hydrogen-bond donors (Lipinski definition) is 1. The molecule has 0 bridgehead atoms. The third-order valence-electron chi connectivity index (χ3n) is 2.29. The lowest BCUT2D eigenvalue weighted by atomic mass is 9.78. The number of nitrogens with one attached hydrogen (secondary N) is 1. The Balaban J connectivity index is 2.80. The molecule has 2 nitrogen and oxygen atoms in total. The molecule has 3 heteroatoms. The molecule has 1 aliphatic heterocycles. The summed E-state index contributed by atoms with van der Waals surface area (Å²) in [5, 5.41) is 5.56. The first-order valence-corrected chi connectivity index (χ1v) is 5.56. The maximum atomic E-state index is 4.31. The minimum absolute atomic E-state index is 0.310. The zero-order chi connectivity index (χ0) is 9.35. The van der Waals surface area contributed by atoms with Crippen LogP contribution >= 0.6 is 11.8 Å². The van der Waals surface area contributed by atoms with Gasteiger partial charge in [-0.2, -0.15) is 5.10 Å². The lowest BCUT2D eigenvalue weighted by Gasteiger charge is -2.30. The van der Waals surface area contributed by atoms with Gasteiger partial charge < -0.3 is 5.43 Å². The summed E-state index contributed by atoms with van der Waals surface area (Å²) in [6, 6.07) is 0.479. The van der Waals surface area contributed by atoms with E-state index < -0.39 is 0 Å². The van der Waals surface area contributed by atoms with E-state index in [-0.39, 0.29) is 0 Å². The van der Waals surface area contributed by atoms with E-state index in [9.17, 15) is 0 Å². The van der Waals surface area contributed by atoms with E-state index in [2.05, 4.69) is 44.5 Å². The van der Waals surface area contributed by atoms with Crippen molar-refractivity contribution in [3.63, 3.8) is 0 Å². The maximum Gasteiger partial charge on any atom is 0.0985 e. The van der Waals surface area contributed by atoms with Crippen LogP contribution in [0.25, 0.3) is 0 Å². The minimum Gasteiger partial charge on any atom is -0.306 e. The van der Waals surface area contributed by atoms with E-state index in [1.165, 1.54) is 5.04 Å². The van der Waals surface area contributed by atoms with Crippen molar-refractivity contribution in [2.75, 3.05) is 6.26 Å². The Bertz CT molecular complexity index is 193. The minimum atomic E-state index is 0.310. The van der Waals surface area contributed by atoms with Gasteiger partial charge in [-0.3, -0.25) is 0 Å². The summed E-state index contributed by atoms with van der Waals surface area (Å²) in [5.74, 6) is 0.562. The molecule has 0 aliphatic carbocycles. The standard InChI is InChI=1S/C9H18N2S/c1-6-7(9(2,3)4)8(12-5)11-10-6/h6-7,10H,1-5H3. The second-order valence-corrected chi connectivity index (χ2v) is 5.24. The van der Waals surface area contributed by atoms with E-state index >= 15 is 0 Å². The Morgan fingerprint density at radius 2 is 2.00 bits per heavy atom. The Labute approximate surface area is 79.2 Å². The van der Waals surface area contributed by atoms with Crippen molar-refractivity contribution >= 4 is 16.8 Å². The Morgan fingerprint density at radius 1 is 1.42 bits per heavy atom. The third-order valence-corrected chi connectivity index (χ3v) is 3.05. The van der Waals surface area contributed by atoms with Gasteiger partial charge in [-0.1, -0.05) is 20.8 Å². The third kappa shape index (κ3) is 1.76. The topological polar surface area (TPSA) is 24.4 Å². The molecule has 0 saturated heterocycles. The number of hydrazone groups is 1. The summed E-state index contributed by atoms with van der Waals surface area (Å²) in [7, 11) is 0. The largest absolute Gasteiger partial charge is 0.306 e. The Hall–Kier alpha value is -0.180. The molecule has 1 heterocycles. The summed E-state index contributed by atoms with van der Waals surface area (Å²) in [4.78, 5) is 0. The highest BCUT2D eigenvalue weighted by Crippen LogP contribution is 2.35. The highest BCUT2D eigenvalue weighted by atomic mass is 32.2. The van der Waals surface area contributed by atoms with Crippen molar-refractivity contribution < 1.29 is 0 Å². The van der Waals surface area contributed by atoms with Crippen molar-refractivity contribution in [3.05, 3.63) is 0 Å². The lowest BCUT2D eigenvalue weighted by Crippen LogP contribution is -2.35. The molecule has 0 aromatic rings. The predicted molar refractivity (Wildman–Crippen MR) is 56.5 cm³/mol. The first kappa shape index (κ1) is 9.90. The number of rotatable bonds is 0. The Morgan fingerprint density at radius 3 is 2.33 bits per heavy atom. The van der Waals surface area contributed by atoms with Crippen molar-refractivity contribution in [2.24, 2.45) is 16.4 Å². The van der Waals surface area contributed by atoms with Gasteiger partial charge in [-0.25, -0.2) is 0 Å². The quantitative estimate of drug-likeness (QED) is 0.628. The lowest BCUT2D eigenvalue weighted by molar-refractivity contribution is 0.277. The van der Waals surface area contributed by atoms with E-state index in [0.717, 1.165) is 0 Å². The predicted octanol–water partition coefficient (Wildman–Crippen LogP) is 2.32. The highest BCUT2D eigenvalue weighted by Gasteiger charge is 2.37. The van der Waals surface area contributed by atoms with Crippen LogP contribution in [-0.4, -0.2) is 17.3 Å². The van der Waals surface area contributed by atoms with Crippen LogP contribution in [0.2, 0.25) is 0 Å². The average molecular weight is 186 g/mol. The fourth-order valence-electron chi connectivity index (χ4n) is 1.82. The summed E-state index contributed by atoms with van der Waals surface area (Å²) < 4.78 is 0. The van der Waals surface area contributed by atoms with Gasteiger partial charge >= 0.3 is 0 Å². The average Bonchev–Trinajstić information content (AvgIpc) is 2.29. The van der Waals surface area contributed by atoms with Crippen molar-refractivity contribution in [1.82, 2.24) is 5.43 Å². The molecule has 0 aromatic heterocycles. The summed E-state index contributed by atoms with van der Waals surface area (Å²) in [6.45, 7) is 9.01. The molecule has 1 rings (SSSR count). The van der Waals surface area contributed by atoms with Gasteiger partial charge in [0.2, 0.25) is 0 Å². The molecule has 2 atom stereocenters. The molecule has 12 heavy (non-hydrogen) atoms. The SMILES string of the molecule is CSC1=NNC(C)C1C(C)(C)C. The molecule has 1 aliphatic rings. The van der Waals surface area contributed by atoms with Crippen molar-refractivity contribution in [3.8, 4) is 0 Å². The first-order valence-electron chi connectivity index (χ1n) is 4.34. The van der Waals surface area contributed by atoms with Gasteiger partial charge in [0.15, 0.2) is 0 Å².